The van der Waals surface area contributed by atoms with Gasteiger partial charge in [0.15, 0.2) is 5.78 Å². The molecule has 2 aromatic rings. The molecule has 0 spiro atoms. The lowest BCUT2D eigenvalue weighted by Crippen LogP contribution is -2.59. The van der Waals surface area contributed by atoms with Crippen LogP contribution in [0.5, 0.6) is 0 Å². The Labute approximate surface area is 297 Å². The maximum absolute atomic E-state index is 14.0. The van der Waals surface area contributed by atoms with E-state index in [0.29, 0.717) is 19.4 Å². The number of rotatable bonds is 18. The molecule has 1 unspecified atom stereocenters. The van der Waals surface area contributed by atoms with Gasteiger partial charge in [0, 0.05) is 6.42 Å². The van der Waals surface area contributed by atoms with Crippen molar-refractivity contribution in [3.63, 3.8) is 0 Å². The first kappa shape index (κ1) is 40.2. The Morgan fingerprint density at radius 2 is 1.16 bits per heavy atom. The van der Waals surface area contributed by atoms with Crippen molar-refractivity contribution in [2.45, 2.75) is 123 Å². The predicted octanol–water partition coefficient (Wildman–Crippen LogP) is 4.66. The standard InChI is InChI=1S/C39H56N4O7/c1-25(2)21-30(33(44)39(8)24-49-39)40-36(47)32(23-28-17-13-10-14-18-28)42-35(46)31(22-26(3)4)41-34(45)29(43-37(48)50-38(5,6)7)20-19-27-15-11-9-12-16-27/h9-18,25-26,29-32H,19-24H2,1-8H3,(H,40,47)(H,41,45)(H,42,46)(H,43,48)/t29-,30-,31?,32-,39-/m0/s1. The summed E-state index contributed by atoms with van der Waals surface area (Å²) >= 11 is 0. The molecule has 274 valence electrons. The minimum atomic E-state index is -1.04. The molecule has 5 atom stereocenters. The molecule has 0 saturated carbocycles. The number of nitrogens with one attached hydrogen (secondary N) is 4. The Morgan fingerprint density at radius 3 is 1.68 bits per heavy atom. The Hall–Kier alpha value is -4.25. The van der Waals surface area contributed by atoms with Crippen molar-refractivity contribution in [1.82, 2.24) is 21.3 Å². The highest BCUT2D eigenvalue weighted by Gasteiger charge is 2.50. The second-order valence-corrected chi connectivity index (χ2v) is 15.2. The normalized spacial score (nSPS) is 18.0. The maximum Gasteiger partial charge on any atom is 0.408 e. The molecule has 2 aromatic carbocycles. The van der Waals surface area contributed by atoms with Crippen molar-refractivity contribution < 1.29 is 33.4 Å². The lowest BCUT2D eigenvalue weighted by atomic mass is 9.93. The zero-order valence-electron chi connectivity index (χ0n) is 30.8. The van der Waals surface area contributed by atoms with Crippen molar-refractivity contribution in [1.29, 1.82) is 0 Å². The molecular weight excluding hydrogens is 636 g/mol. The van der Waals surface area contributed by atoms with Crippen LogP contribution >= 0.6 is 0 Å². The van der Waals surface area contributed by atoms with E-state index in [-0.39, 0.29) is 36.9 Å². The Bertz CT molecular complexity index is 1440. The van der Waals surface area contributed by atoms with Gasteiger partial charge >= 0.3 is 6.09 Å². The van der Waals surface area contributed by atoms with Gasteiger partial charge in [0.05, 0.1) is 12.6 Å². The highest BCUT2D eigenvalue weighted by molar-refractivity contribution is 5.98. The van der Waals surface area contributed by atoms with Gasteiger partial charge in [0.1, 0.15) is 29.3 Å². The summed E-state index contributed by atoms with van der Waals surface area (Å²) < 4.78 is 10.8. The molecule has 3 rings (SSSR count). The summed E-state index contributed by atoms with van der Waals surface area (Å²) in [5.74, 6) is -1.69. The highest BCUT2D eigenvalue weighted by atomic mass is 16.6. The zero-order valence-corrected chi connectivity index (χ0v) is 30.8. The Morgan fingerprint density at radius 1 is 0.700 bits per heavy atom. The van der Waals surface area contributed by atoms with Gasteiger partial charge in [-0.2, -0.15) is 0 Å². The largest absolute Gasteiger partial charge is 0.444 e. The first-order chi connectivity index (χ1) is 23.5. The van der Waals surface area contributed by atoms with Gasteiger partial charge in [0.25, 0.3) is 0 Å². The van der Waals surface area contributed by atoms with Gasteiger partial charge in [-0.15, -0.1) is 0 Å². The molecule has 1 aliphatic heterocycles. The summed E-state index contributed by atoms with van der Waals surface area (Å²) in [6.07, 6.45) is 0.867. The molecule has 11 heteroatoms. The molecule has 0 aliphatic carbocycles. The monoisotopic (exact) mass is 692 g/mol. The summed E-state index contributed by atoms with van der Waals surface area (Å²) in [6.45, 7) is 15.0. The molecule has 4 N–H and O–H groups in total. The number of carbonyl (C=O) groups is 5. The number of Topliss-reactive ketones (excluding diaryl/α,β-unsaturated/α-hetero) is 1. The molecule has 0 radical (unpaired) electrons. The fraction of sp³-hybridized carbons (Fsp3) is 0.564. The quantitative estimate of drug-likeness (QED) is 0.166. The summed E-state index contributed by atoms with van der Waals surface area (Å²) in [5, 5.41) is 11.3. The van der Waals surface area contributed by atoms with Gasteiger partial charge in [-0.3, -0.25) is 19.2 Å². The summed E-state index contributed by atoms with van der Waals surface area (Å²) in [7, 11) is 0. The Kier molecular flexibility index (Phi) is 14.6. The number of benzene rings is 2. The maximum atomic E-state index is 14.0. The molecule has 1 saturated heterocycles. The van der Waals surface area contributed by atoms with E-state index in [9.17, 15) is 24.0 Å². The topological polar surface area (TPSA) is 155 Å². The van der Waals surface area contributed by atoms with E-state index in [2.05, 4.69) is 21.3 Å². The van der Waals surface area contributed by atoms with E-state index < -0.39 is 59.2 Å². The second-order valence-electron chi connectivity index (χ2n) is 15.2. The van der Waals surface area contributed by atoms with E-state index in [1.165, 1.54) is 0 Å². The van der Waals surface area contributed by atoms with Crippen LogP contribution in [-0.4, -0.2) is 71.6 Å². The molecular formula is C39H56N4O7. The van der Waals surface area contributed by atoms with Crippen molar-refractivity contribution in [3.05, 3.63) is 71.8 Å². The van der Waals surface area contributed by atoms with E-state index in [0.717, 1.165) is 11.1 Å². The van der Waals surface area contributed by atoms with Crippen molar-refractivity contribution >= 4 is 29.6 Å². The molecule has 4 amide bonds. The minimum Gasteiger partial charge on any atom is -0.444 e. The van der Waals surface area contributed by atoms with E-state index >= 15 is 0 Å². The van der Waals surface area contributed by atoms with Crippen LogP contribution in [0, 0.1) is 11.8 Å². The number of hydrogen-bond donors (Lipinski definition) is 4. The van der Waals surface area contributed by atoms with Crippen LogP contribution in [0.15, 0.2) is 60.7 Å². The summed E-state index contributed by atoms with van der Waals surface area (Å²) in [5.41, 5.74) is 0.0894. The van der Waals surface area contributed by atoms with Crippen LogP contribution in [0.1, 0.15) is 85.8 Å². The number of alkyl carbamates (subject to hydrolysis) is 1. The third-order valence-corrected chi connectivity index (χ3v) is 8.27. The molecule has 50 heavy (non-hydrogen) atoms. The predicted molar refractivity (Wildman–Crippen MR) is 192 cm³/mol. The highest BCUT2D eigenvalue weighted by Crippen LogP contribution is 2.29. The number of carbonyl (C=O) groups excluding carboxylic acids is 5. The van der Waals surface area contributed by atoms with Crippen molar-refractivity contribution in [2.24, 2.45) is 11.8 Å². The van der Waals surface area contributed by atoms with Gasteiger partial charge in [-0.05, 0) is 76.3 Å². The van der Waals surface area contributed by atoms with Gasteiger partial charge in [-0.1, -0.05) is 88.4 Å². The first-order valence-electron chi connectivity index (χ1n) is 17.6. The Balaban J connectivity index is 1.83. The first-order valence-corrected chi connectivity index (χ1v) is 17.6. The molecule has 0 bridgehead atoms. The van der Waals surface area contributed by atoms with E-state index in [4.69, 9.17) is 9.47 Å². The molecule has 11 nitrogen and oxygen atoms in total. The number of epoxide rings is 1. The average molecular weight is 693 g/mol. The second kappa shape index (κ2) is 18.1. The summed E-state index contributed by atoms with van der Waals surface area (Å²) in [4.78, 5) is 67.8. The lowest BCUT2D eigenvalue weighted by Gasteiger charge is -2.28. The average Bonchev–Trinajstić information content (AvgIpc) is 3.79. The lowest BCUT2D eigenvalue weighted by molar-refractivity contribution is -0.134. The third-order valence-electron chi connectivity index (χ3n) is 8.27. The molecule has 1 aliphatic rings. The van der Waals surface area contributed by atoms with Crippen LogP contribution in [0.4, 0.5) is 4.79 Å². The zero-order chi connectivity index (χ0) is 37.1. The number of ketones is 1. The van der Waals surface area contributed by atoms with E-state index in [1.54, 1.807) is 27.7 Å². The molecule has 0 aromatic heterocycles. The van der Waals surface area contributed by atoms with Crippen molar-refractivity contribution in [2.75, 3.05) is 6.61 Å². The van der Waals surface area contributed by atoms with E-state index in [1.807, 2.05) is 88.4 Å². The molecule has 1 fully saturated rings. The van der Waals surface area contributed by atoms with Crippen LogP contribution in [0.25, 0.3) is 0 Å². The van der Waals surface area contributed by atoms with Gasteiger partial charge in [0.2, 0.25) is 17.7 Å². The van der Waals surface area contributed by atoms with Crippen LogP contribution < -0.4 is 21.3 Å². The number of aryl methyl sites for hydroxylation is 1. The van der Waals surface area contributed by atoms with Gasteiger partial charge < -0.3 is 30.7 Å². The van der Waals surface area contributed by atoms with Gasteiger partial charge in [-0.25, -0.2) is 4.79 Å². The van der Waals surface area contributed by atoms with Crippen LogP contribution in [0.2, 0.25) is 0 Å². The van der Waals surface area contributed by atoms with Crippen LogP contribution in [-0.2, 0) is 41.5 Å². The third kappa shape index (κ3) is 13.6. The minimum absolute atomic E-state index is 0.00126. The van der Waals surface area contributed by atoms with Crippen molar-refractivity contribution in [3.8, 4) is 0 Å². The smallest absolute Gasteiger partial charge is 0.408 e. The molecule has 1 heterocycles. The number of ether oxygens (including phenoxy) is 2. The SMILES string of the molecule is CC(C)CC(NC(=O)[C@H](CCc1ccccc1)NC(=O)OC(C)(C)C)C(=O)N[C@@H](Cc1ccccc1)C(=O)N[C@@H](CC(C)C)C(=O)[C@]1(C)CO1. The number of amides is 4. The summed E-state index contributed by atoms with van der Waals surface area (Å²) in [6, 6.07) is 15.0. The number of hydrogen-bond acceptors (Lipinski definition) is 7. The fourth-order valence-corrected chi connectivity index (χ4v) is 5.58. The van der Waals surface area contributed by atoms with Crippen LogP contribution in [0.3, 0.4) is 0 Å². The fourth-order valence-electron chi connectivity index (χ4n) is 5.58.